The van der Waals surface area contributed by atoms with Crippen molar-refractivity contribution >= 4 is 10.0 Å². The third kappa shape index (κ3) is 4.87. The maximum absolute atomic E-state index is 13.3. The molecule has 164 valence electrons. The monoisotopic (exact) mass is 433 g/mol. The van der Waals surface area contributed by atoms with Crippen LogP contribution in [0.2, 0.25) is 0 Å². The van der Waals surface area contributed by atoms with Crippen molar-refractivity contribution < 1.29 is 17.7 Å². The molecule has 0 aliphatic carbocycles. The summed E-state index contributed by atoms with van der Waals surface area (Å²) in [4.78, 5) is 2.64. The molecule has 0 spiro atoms. The molecule has 1 saturated heterocycles. The molecule has 2 aliphatic rings. The molecule has 1 aromatic heterocycles. The highest BCUT2D eigenvalue weighted by Crippen LogP contribution is 2.25. The molecule has 4 rings (SSSR count). The van der Waals surface area contributed by atoms with Gasteiger partial charge in [-0.2, -0.15) is 4.31 Å². The van der Waals surface area contributed by atoms with E-state index < -0.39 is 10.0 Å². The predicted octanol–water partition coefficient (Wildman–Crippen LogP) is 3.24. The number of benzene rings is 1. The van der Waals surface area contributed by atoms with Crippen molar-refractivity contribution in [3.63, 3.8) is 0 Å². The molecule has 7 nitrogen and oxygen atoms in total. The maximum atomic E-state index is 13.3. The summed E-state index contributed by atoms with van der Waals surface area (Å²) < 4.78 is 39.1. The van der Waals surface area contributed by atoms with E-state index in [1.807, 2.05) is 12.1 Å². The van der Waals surface area contributed by atoms with E-state index in [-0.39, 0.29) is 4.90 Å². The molecule has 2 bridgehead atoms. The second-order valence-corrected chi connectivity index (χ2v) is 10.1. The van der Waals surface area contributed by atoms with Crippen LogP contribution in [0.1, 0.15) is 43.4 Å². The molecule has 2 aliphatic heterocycles. The van der Waals surface area contributed by atoms with E-state index in [4.69, 9.17) is 9.26 Å². The van der Waals surface area contributed by atoms with Crippen molar-refractivity contribution in [3.8, 4) is 5.75 Å². The van der Waals surface area contributed by atoms with Gasteiger partial charge in [-0.15, -0.1) is 0 Å². The van der Waals surface area contributed by atoms with E-state index in [1.54, 1.807) is 11.2 Å². The minimum atomic E-state index is -3.65. The Labute approximate surface area is 179 Å². The molecule has 1 atom stereocenters. The maximum Gasteiger partial charge on any atom is 0.248 e. The molecule has 8 heteroatoms. The standard InChI is InChI=1S/C22H31N3O4S/c1-18-22(17-23-29-18)30(26,27)25-12-5-15-28-21-8-4-6-19(16-21)9-10-20-7-2-3-11-24(20)13-14-25/h4,6,8,16-17,20H,2-3,5,7,9-15H2,1H3. The van der Waals surface area contributed by atoms with Gasteiger partial charge in [-0.25, -0.2) is 8.42 Å². The lowest BCUT2D eigenvalue weighted by Gasteiger charge is -2.37. The van der Waals surface area contributed by atoms with Gasteiger partial charge in [0.05, 0.1) is 12.8 Å². The summed E-state index contributed by atoms with van der Waals surface area (Å²) in [6.45, 7) is 4.77. The largest absolute Gasteiger partial charge is 0.494 e. The number of nitrogens with zero attached hydrogens (tertiary/aromatic N) is 3. The van der Waals surface area contributed by atoms with E-state index in [0.29, 0.717) is 37.9 Å². The van der Waals surface area contributed by atoms with E-state index in [0.717, 1.165) is 31.7 Å². The van der Waals surface area contributed by atoms with E-state index in [1.165, 1.54) is 31.0 Å². The van der Waals surface area contributed by atoms with Gasteiger partial charge in [0.1, 0.15) is 10.6 Å². The molecule has 1 fully saturated rings. The Balaban J connectivity index is 1.57. The number of hydrogen-bond donors (Lipinski definition) is 0. The normalized spacial score (nSPS) is 22.6. The summed E-state index contributed by atoms with van der Waals surface area (Å²) in [5.41, 5.74) is 1.31. The van der Waals surface area contributed by atoms with Gasteiger partial charge in [0.2, 0.25) is 10.0 Å². The highest BCUT2D eigenvalue weighted by Gasteiger charge is 2.30. The van der Waals surface area contributed by atoms with E-state index >= 15 is 0 Å². The van der Waals surface area contributed by atoms with Gasteiger partial charge in [0.25, 0.3) is 0 Å². The highest BCUT2D eigenvalue weighted by molar-refractivity contribution is 7.89. The van der Waals surface area contributed by atoms with Crippen molar-refractivity contribution in [1.82, 2.24) is 14.4 Å². The first-order valence-corrected chi connectivity index (χ1v) is 12.4. The Morgan fingerprint density at radius 3 is 2.80 bits per heavy atom. The molecule has 0 saturated carbocycles. The molecular weight excluding hydrogens is 402 g/mol. The van der Waals surface area contributed by atoms with Crippen LogP contribution in [0.15, 0.2) is 39.9 Å². The minimum Gasteiger partial charge on any atom is -0.494 e. The Morgan fingerprint density at radius 2 is 1.97 bits per heavy atom. The fourth-order valence-electron chi connectivity index (χ4n) is 4.50. The average Bonchev–Trinajstić information content (AvgIpc) is 3.19. The molecule has 1 unspecified atom stereocenters. The van der Waals surface area contributed by atoms with Crippen molar-refractivity contribution in [1.29, 1.82) is 0 Å². The molecule has 2 aromatic rings. The fraction of sp³-hybridized carbons (Fsp3) is 0.591. The number of aromatic nitrogens is 1. The van der Waals surface area contributed by atoms with Crippen molar-refractivity contribution in [2.24, 2.45) is 0 Å². The molecule has 0 radical (unpaired) electrons. The Kier molecular flexibility index (Phi) is 6.75. The summed E-state index contributed by atoms with van der Waals surface area (Å²) >= 11 is 0. The van der Waals surface area contributed by atoms with E-state index in [9.17, 15) is 8.42 Å². The number of piperidine rings is 1. The number of aryl methyl sites for hydroxylation is 2. The van der Waals surface area contributed by atoms with Crippen LogP contribution in [0.4, 0.5) is 0 Å². The third-order valence-electron chi connectivity index (χ3n) is 6.20. The molecule has 1 aromatic carbocycles. The van der Waals surface area contributed by atoms with Crippen LogP contribution < -0.4 is 4.74 Å². The lowest BCUT2D eigenvalue weighted by Crippen LogP contribution is -2.45. The van der Waals surface area contributed by atoms with Gasteiger partial charge in [-0.3, -0.25) is 4.90 Å². The lowest BCUT2D eigenvalue weighted by atomic mass is 9.95. The summed E-state index contributed by atoms with van der Waals surface area (Å²) in [6, 6.07) is 8.79. The summed E-state index contributed by atoms with van der Waals surface area (Å²) in [5.74, 6) is 1.19. The first-order valence-electron chi connectivity index (χ1n) is 10.9. The summed E-state index contributed by atoms with van der Waals surface area (Å²) in [6.07, 6.45) is 7.62. The molecule has 3 heterocycles. The van der Waals surface area contributed by atoms with Crippen LogP contribution >= 0.6 is 0 Å². The molecule has 0 amide bonds. The smallest absolute Gasteiger partial charge is 0.248 e. The summed E-state index contributed by atoms with van der Waals surface area (Å²) in [7, 11) is -3.65. The number of ether oxygens (including phenoxy) is 1. The zero-order chi connectivity index (χ0) is 21.0. The number of fused-ring (bicyclic) bond motifs is 3. The SMILES string of the molecule is Cc1oncc1S(=O)(=O)N1CCCOc2cccc(c2)CCC2CCCCN2CC1. The van der Waals surface area contributed by atoms with Crippen molar-refractivity contribution in [3.05, 3.63) is 41.8 Å². The zero-order valence-corrected chi connectivity index (χ0v) is 18.4. The predicted molar refractivity (Wildman–Crippen MR) is 114 cm³/mol. The van der Waals surface area contributed by atoms with Gasteiger partial charge < -0.3 is 9.26 Å². The van der Waals surface area contributed by atoms with E-state index in [2.05, 4.69) is 22.2 Å². The Bertz CT molecular complexity index is 943. The zero-order valence-electron chi connectivity index (χ0n) is 17.6. The number of sulfonamides is 1. The second kappa shape index (κ2) is 9.49. The second-order valence-electron chi connectivity index (χ2n) is 8.22. The summed E-state index contributed by atoms with van der Waals surface area (Å²) in [5, 5.41) is 3.67. The highest BCUT2D eigenvalue weighted by atomic mass is 32.2. The topological polar surface area (TPSA) is 75.9 Å². The van der Waals surface area contributed by atoms with Gasteiger partial charge in [0, 0.05) is 25.7 Å². The van der Waals surface area contributed by atoms with Crippen LogP contribution in [-0.4, -0.2) is 61.6 Å². The van der Waals surface area contributed by atoms with Crippen molar-refractivity contribution in [2.45, 2.75) is 56.4 Å². The van der Waals surface area contributed by atoms with Gasteiger partial charge in [-0.1, -0.05) is 23.7 Å². The van der Waals surface area contributed by atoms with Crippen molar-refractivity contribution in [2.75, 3.05) is 32.8 Å². The van der Waals surface area contributed by atoms with Crippen LogP contribution in [-0.2, 0) is 16.4 Å². The van der Waals surface area contributed by atoms with Crippen LogP contribution in [0.25, 0.3) is 0 Å². The first-order chi connectivity index (χ1) is 14.5. The van der Waals surface area contributed by atoms with Gasteiger partial charge in [-0.05, 0) is 63.3 Å². The molecule has 0 N–H and O–H groups in total. The number of rotatable bonds is 2. The van der Waals surface area contributed by atoms with Crippen LogP contribution in [0.5, 0.6) is 5.75 Å². The molecule has 30 heavy (non-hydrogen) atoms. The van der Waals surface area contributed by atoms with Gasteiger partial charge in [0.15, 0.2) is 5.76 Å². The van der Waals surface area contributed by atoms with Crippen LogP contribution in [0.3, 0.4) is 0 Å². The lowest BCUT2D eigenvalue weighted by molar-refractivity contribution is 0.131. The third-order valence-corrected chi connectivity index (χ3v) is 8.19. The average molecular weight is 434 g/mol. The Morgan fingerprint density at radius 1 is 1.07 bits per heavy atom. The van der Waals surface area contributed by atoms with Crippen LogP contribution in [0, 0.1) is 6.92 Å². The fourth-order valence-corrected chi connectivity index (χ4v) is 6.05. The molecular formula is C22H31N3O4S. The first kappa shape index (κ1) is 21.3. The Hall–Kier alpha value is -1.90. The quantitative estimate of drug-likeness (QED) is 0.724. The van der Waals surface area contributed by atoms with Gasteiger partial charge >= 0.3 is 0 Å². The number of hydrogen-bond acceptors (Lipinski definition) is 6. The minimum absolute atomic E-state index is 0.160.